The molecule has 3 aromatic heterocycles. The van der Waals surface area contributed by atoms with Crippen LogP contribution in [0.3, 0.4) is 0 Å². The molecule has 0 saturated heterocycles. The van der Waals surface area contributed by atoms with Crippen molar-refractivity contribution in [3.63, 3.8) is 0 Å². The molecule has 3 nitrogen and oxygen atoms in total. The number of hydrogen-bond acceptors (Lipinski definition) is 2. The summed E-state index contributed by atoms with van der Waals surface area (Å²) >= 11 is 0. The first-order chi connectivity index (χ1) is 10.4. The molecule has 0 bridgehead atoms. The fourth-order valence-electron chi connectivity index (χ4n) is 2.53. The fourth-order valence-corrected chi connectivity index (χ4v) is 2.53. The molecule has 0 saturated carbocycles. The number of pyridine rings is 2. The Morgan fingerprint density at radius 2 is 1.57 bits per heavy atom. The summed E-state index contributed by atoms with van der Waals surface area (Å²) < 4.78 is 2.11. The highest BCUT2D eigenvalue weighted by molar-refractivity contribution is 5.70. The van der Waals surface area contributed by atoms with Crippen LogP contribution in [0, 0.1) is 0 Å². The number of imidazole rings is 1. The second kappa shape index (κ2) is 4.87. The molecule has 0 atom stereocenters. The van der Waals surface area contributed by atoms with Crippen LogP contribution in [-0.2, 0) is 0 Å². The van der Waals surface area contributed by atoms with Gasteiger partial charge >= 0.3 is 0 Å². The molecular weight excluding hydrogens is 258 g/mol. The first-order valence-electron chi connectivity index (χ1n) is 6.85. The van der Waals surface area contributed by atoms with Crippen molar-refractivity contribution in [1.82, 2.24) is 14.4 Å². The predicted octanol–water partition coefficient (Wildman–Crippen LogP) is 4.06. The van der Waals surface area contributed by atoms with E-state index in [2.05, 4.69) is 44.8 Å². The average molecular weight is 271 g/mol. The molecule has 0 radical (unpaired) electrons. The van der Waals surface area contributed by atoms with E-state index in [1.54, 1.807) is 12.4 Å². The third-order valence-electron chi connectivity index (χ3n) is 3.60. The molecule has 100 valence electrons. The minimum Gasteiger partial charge on any atom is -0.300 e. The standard InChI is InChI=1S/C18H13N3/c1-2-4-15(5-3-1)17-13-20-18-12-16(8-11-21(17)18)14-6-9-19-10-7-14/h1-13H. The molecule has 0 aliphatic rings. The summed E-state index contributed by atoms with van der Waals surface area (Å²) in [6.07, 6.45) is 7.60. The summed E-state index contributed by atoms with van der Waals surface area (Å²) in [5.41, 5.74) is 5.52. The number of nitrogens with zero attached hydrogens (tertiary/aromatic N) is 3. The van der Waals surface area contributed by atoms with Gasteiger partial charge in [-0.15, -0.1) is 0 Å². The highest BCUT2D eigenvalue weighted by Crippen LogP contribution is 2.24. The Hall–Kier alpha value is -2.94. The van der Waals surface area contributed by atoms with E-state index < -0.39 is 0 Å². The minimum absolute atomic E-state index is 0.947. The van der Waals surface area contributed by atoms with Crippen molar-refractivity contribution in [2.45, 2.75) is 0 Å². The monoisotopic (exact) mass is 271 g/mol. The molecule has 0 aliphatic carbocycles. The van der Waals surface area contributed by atoms with Gasteiger partial charge in [-0.1, -0.05) is 30.3 Å². The lowest BCUT2D eigenvalue weighted by atomic mass is 10.1. The summed E-state index contributed by atoms with van der Waals surface area (Å²) in [5, 5.41) is 0. The van der Waals surface area contributed by atoms with Crippen molar-refractivity contribution in [2.75, 3.05) is 0 Å². The number of rotatable bonds is 2. The second-order valence-electron chi connectivity index (χ2n) is 4.89. The van der Waals surface area contributed by atoms with Gasteiger partial charge in [-0.05, 0) is 35.4 Å². The molecule has 4 rings (SSSR count). The summed E-state index contributed by atoms with van der Waals surface area (Å²) in [6.45, 7) is 0. The van der Waals surface area contributed by atoms with Crippen LogP contribution in [0.5, 0.6) is 0 Å². The van der Waals surface area contributed by atoms with Crippen molar-refractivity contribution in [3.05, 3.63) is 79.4 Å². The largest absolute Gasteiger partial charge is 0.300 e. The van der Waals surface area contributed by atoms with Gasteiger partial charge in [-0.2, -0.15) is 0 Å². The number of benzene rings is 1. The van der Waals surface area contributed by atoms with Crippen LogP contribution in [0.15, 0.2) is 79.4 Å². The van der Waals surface area contributed by atoms with Gasteiger partial charge in [0.2, 0.25) is 0 Å². The van der Waals surface area contributed by atoms with Gasteiger partial charge in [0.05, 0.1) is 11.9 Å². The Kier molecular flexibility index (Phi) is 2.75. The number of hydrogen-bond donors (Lipinski definition) is 0. The normalized spacial score (nSPS) is 10.9. The zero-order valence-corrected chi connectivity index (χ0v) is 11.3. The van der Waals surface area contributed by atoms with E-state index in [9.17, 15) is 0 Å². The van der Waals surface area contributed by atoms with Gasteiger partial charge in [0.1, 0.15) is 5.65 Å². The summed E-state index contributed by atoms with van der Waals surface area (Å²) in [4.78, 5) is 8.58. The van der Waals surface area contributed by atoms with Gasteiger partial charge in [0.25, 0.3) is 0 Å². The van der Waals surface area contributed by atoms with Crippen LogP contribution >= 0.6 is 0 Å². The zero-order chi connectivity index (χ0) is 14.1. The van der Waals surface area contributed by atoms with Gasteiger partial charge in [-0.25, -0.2) is 4.98 Å². The van der Waals surface area contributed by atoms with Crippen LogP contribution in [0.1, 0.15) is 0 Å². The topological polar surface area (TPSA) is 30.2 Å². The van der Waals surface area contributed by atoms with E-state index in [0.717, 1.165) is 22.5 Å². The summed E-state index contributed by atoms with van der Waals surface area (Å²) in [5.74, 6) is 0. The molecule has 3 heterocycles. The van der Waals surface area contributed by atoms with Crippen LogP contribution in [0.4, 0.5) is 0 Å². The van der Waals surface area contributed by atoms with Crippen molar-refractivity contribution in [3.8, 4) is 22.4 Å². The Bertz CT molecular complexity index is 880. The highest BCUT2D eigenvalue weighted by atomic mass is 15.0. The van der Waals surface area contributed by atoms with Crippen molar-refractivity contribution >= 4 is 5.65 Å². The summed E-state index contributed by atoms with van der Waals surface area (Å²) in [7, 11) is 0. The maximum atomic E-state index is 4.53. The Labute approximate surface area is 122 Å². The maximum absolute atomic E-state index is 4.53. The van der Waals surface area contributed by atoms with E-state index in [1.165, 1.54) is 5.56 Å². The summed E-state index contributed by atoms with van der Waals surface area (Å²) in [6, 6.07) is 18.5. The Morgan fingerprint density at radius 3 is 2.38 bits per heavy atom. The molecular formula is C18H13N3. The molecule has 0 amide bonds. The van der Waals surface area contributed by atoms with Crippen molar-refractivity contribution in [2.24, 2.45) is 0 Å². The quantitative estimate of drug-likeness (QED) is 0.550. The second-order valence-corrected chi connectivity index (χ2v) is 4.89. The van der Waals surface area contributed by atoms with Crippen molar-refractivity contribution in [1.29, 1.82) is 0 Å². The molecule has 4 aromatic rings. The SMILES string of the molecule is c1ccc(-c2cnc3cc(-c4ccncc4)ccn23)cc1. The van der Waals surface area contributed by atoms with Crippen LogP contribution in [0.25, 0.3) is 28.0 Å². The molecule has 0 aliphatic heterocycles. The highest BCUT2D eigenvalue weighted by Gasteiger charge is 2.06. The van der Waals surface area contributed by atoms with Gasteiger partial charge in [0.15, 0.2) is 0 Å². The van der Waals surface area contributed by atoms with Gasteiger partial charge in [0, 0.05) is 24.2 Å². The average Bonchev–Trinajstić information content (AvgIpc) is 2.99. The van der Waals surface area contributed by atoms with E-state index in [4.69, 9.17) is 0 Å². The first kappa shape index (κ1) is 11.9. The third-order valence-corrected chi connectivity index (χ3v) is 3.60. The molecule has 1 aromatic carbocycles. The number of fused-ring (bicyclic) bond motifs is 1. The van der Waals surface area contributed by atoms with Gasteiger partial charge in [-0.3, -0.25) is 9.38 Å². The molecule has 0 unspecified atom stereocenters. The van der Waals surface area contributed by atoms with E-state index in [0.29, 0.717) is 0 Å². The molecule has 0 N–H and O–H groups in total. The first-order valence-corrected chi connectivity index (χ1v) is 6.85. The Morgan fingerprint density at radius 1 is 0.762 bits per heavy atom. The molecule has 0 fully saturated rings. The smallest absolute Gasteiger partial charge is 0.137 e. The minimum atomic E-state index is 0.947. The van der Waals surface area contributed by atoms with Crippen LogP contribution in [-0.4, -0.2) is 14.4 Å². The number of aromatic nitrogens is 3. The third kappa shape index (κ3) is 2.09. The van der Waals surface area contributed by atoms with Crippen LogP contribution < -0.4 is 0 Å². The molecule has 0 spiro atoms. The predicted molar refractivity (Wildman–Crippen MR) is 83.9 cm³/mol. The fraction of sp³-hybridized carbons (Fsp3) is 0. The van der Waals surface area contributed by atoms with Crippen LogP contribution in [0.2, 0.25) is 0 Å². The maximum Gasteiger partial charge on any atom is 0.137 e. The van der Waals surface area contributed by atoms with Crippen molar-refractivity contribution < 1.29 is 0 Å². The lowest BCUT2D eigenvalue weighted by molar-refractivity contribution is 1.19. The lowest BCUT2D eigenvalue weighted by Gasteiger charge is -2.04. The molecule has 3 heteroatoms. The van der Waals surface area contributed by atoms with Gasteiger partial charge < -0.3 is 0 Å². The Balaban J connectivity index is 1.85. The lowest BCUT2D eigenvalue weighted by Crippen LogP contribution is -1.89. The zero-order valence-electron chi connectivity index (χ0n) is 11.3. The van der Waals surface area contributed by atoms with E-state index in [-0.39, 0.29) is 0 Å². The molecule has 21 heavy (non-hydrogen) atoms. The van der Waals surface area contributed by atoms with E-state index in [1.807, 2.05) is 36.5 Å². The van der Waals surface area contributed by atoms with E-state index >= 15 is 0 Å².